The van der Waals surface area contributed by atoms with E-state index in [1.54, 1.807) is 6.07 Å². The van der Waals surface area contributed by atoms with Gasteiger partial charge in [-0.25, -0.2) is 13.2 Å². The van der Waals surface area contributed by atoms with E-state index in [-0.39, 0.29) is 11.4 Å². The van der Waals surface area contributed by atoms with Gasteiger partial charge in [-0.2, -0.15) is 0 Å². The Morgan fingerprint density at radius 1 is 1.05 bits per heavy atom. The average molecular weight is 309 g/mol. The number of carbonyl (C=O) groups excluding carboxylic acids is 1. The van der Waals surface area contributed by atoms with Crippen molar-refractivity contribution in [2.45, 2.75) is 5.37 Å². The Kier molecular flexibility index (Phi) is 3.63. The van der Waals surface area contributed by atoms with Gasteiger partial charge < -0.3 is 0 Å². The molecule has 108 valence electrons. The molecule has 0 aromatic heterocycles. The first-order valence-electron chi connectivity index (χ1n) is 6.21. The predicted octanol–water partition coefficient (Wildman–Crippen LogP) is 3.88. The van der Waals surface area contributed by atoms with Crippen molar-refractivity contribution in [3.05, 3.63) is 65.5 Å². The molecule has 0 aliphatic carbocycles. The molecule has 1 fully saturated rings. The first-order valence-corrected chi connectivity index (χ1v) is 7.26. The van der Waals surface area contributed by atoms with E-state index in [9.17, 15) is 18.0 Å². The lowest BCUT2D eigenvalue weighted by Gasteiger charge is -2.25. The Balaban J connectivity index is 2.08. The van der Waals surface area contributed by atoms with E-state index in [4.69, 9.17) is 0 Å². The maximum Gasteiger partial charge on any atom is 0.238 e. The van der Waals surface area contributed by atoms with Gasteiger partial charge in [0.15, 0.2) is 0 Å². The Morgan fingerprint density at radius 2 is 1.71 bits per heavy atom. The minimum Gasteiger partial charge on any atom is -0.290 e. The van der Waals surface area contributed by atoms with Gasteiger partial charge in [0.2, 0.25) is 5.91 Å². The van der Waals surface area contributed by atoms with Gasteiger partial charge in [-0.05, 0) is 29.8 Å². The van der Waals surface area contributed by atoms with E-state index >= 15 is 0 Å². The summed E-state index contributed by atoms with van der Waals surface area (Å²) >= 11 is 1.21. The lowest BCUT2D eigenvalue weighted by molar-refractivity contribution is -0.115. The van der Waals surface area contributed by atoms with Crippen molar-refractivity contribution in [2.75, 3.05) is 10.7 Å². The molecular weight excluding hydrogens is 299 g/mol. The number of hydrogen-bond acceptors (Lipinski definition) is 2. The third-order valence-electron chi connectivity index (χ3n) is 3.18. The van der Waals surface area contributed by atoms with Gasteiger partial charge in [-0.15, -0.1) is 11.8 Å². The lowest BCUT2D eigenvalue weighted by atomic mass is 10.1. The molecular formula is C15H10F3NOS. The quantitative estimate of drug-likeness (QED) is 0.839. The zero-order valence-corrected chi connectivity index (χ0v) is 11.5. The third kappa shape index (κ3) is 2.51. The Labute approximate surface area is 123 Å². The standard InChI is InChI=1S/C15H10F3NOS/c16-10-4-1-3-9(7-10)15-19(13(20)8-21-15)14-11(17)5-2-6-12(14)18/h1-7,15H,8H2/t15-/m1/s1. The van der Waals surface area contributed by atoms with Crippen LogP contribution < -0.4 is 4.90 Å². The molecule has 2 aromatic carbocycles. The highest BCUT2D eigenvalue weighted by molar-refractivity contribution is 8.00. The second kappa shape index (κ2) is 5.44. The normalized spacial score (nSPS) is 18.3. The second-order valence-corrected chi connectivity index (χ2v) is 5.62. The van der Waals surface area contributed by atoms with Crippen molar-refractivity contribution in [2.24, 2.45) is 0 Å². The molecule has 1 amide bonds. The summed E-state index contributed by atoms with van der Waals surface area (Å²) in [5, 5.41) is -0.639. The summed E-state index contributed by atoms with van der Waals surface area (Å²) < 4.78 is 41.2. The van der Waals surface area contributed by atoms with Crippen LogP contribution in [0.2, 0.25) is 0 Å². The molecule has 0 saturated carbocycles. The van der Waals surface area contributed by atoms with Crippen molar-refractivity contribution >= 4 is 23.4 Å². The van der Waals surface area contributed by atoms with Crippen LogP contribution in [0.1, 0.15) is 10.9 Å². The fourth-order valence-corrected chi connectivity index (χ4v) is 3.44. The van der Waals surface area contributed by atoms with Gasteiger partial charge >= 0.3 is 0 Å². The monoisotopic (exact) mass is 309 g/mol. The number of thioether (sulfide) groups is 1. The second-order valence-electron chi connectivity index (χ2n) is 4.55. The topological polar surface area (TPSA) is 20.3 Å². The van der Waals surface area contributed by atoms with E-state index < -0.39 is 28.7 Å². The van der Waals surface area contributed by atoms with Crippen molar-refractivity contribution in [1.82, 2.24) is 0 Å². The molecule has 1 aliphatic heterocycles. The largest absolute Gasteiger partial charge is 0.290 e. The number of hydrogen-bond donors (Lipinski definition) is 0. The van der Waals surface area contributed by atoms with Gasteiger partial charge in [0, 0.05) is 0 Å². The smallest absolute Gasteiger partial charge is 0.238 e. The number of para-hydroxylation sites is 1. The highest BCUT2D eigenvalue weighted by atomic mass is 32.2. The Morgan fingerprint density at radius 3 is 2.38 bits per heavy atom. The van der Waals surface area contributed by atoms with Crippen LogP contribution in [0, 0.1) is 17.5 Å². The number of carbonyl (C=O) groups is 1. The van der Waals surface area contributed by atoms with Crippen LogP contribution in [0.15, 0.2) is 42.5 Å². The minimum absolute atomic E-state index is 0.0922. The third-order valence-corrected chi connectivity index (χ3v) is 4.39. The first-order chi connectivity index (χ1) is 10.1. The molecule has 0 radical (unpaired) electrons. The molecule has 0 bridgehead atoms. The predicted molar refractivity (Wildman–Crippen MR) is 75.4 cm³/mol. The summed E-state index contributed by atoms with van der Waals surface area (Å²) in [7, 11) is 0. The summed E-state index contributed by atoms with van der Waals surface area (Å²) in [6.07, 6.45) is 0. The van der Waals surface area contributed by atoms with Crippen molar-refractivity contribution in [3.8, 4) is 0 Å². The zero-order valence-electron chi connectivity index (χ0n) is 10.7. The number of amides is 1. The van der Waals surface area contributed by atoms with Gasteiger partial charge in [0.05, 0.1) is 5.75 Å². The van der Waals surface area contributed by atoms with E-state index in [2.05, 4.69) is 0 Å². The molecule has 21 heavy (non-hydrogen) atoms. The Bertz CT molecular complexity index is 687. The molecule has 0 N–H and O–H groups in total. The number of anilines is 1. The molecule has 6 heteroatoms. The molecule has 2 aromatic rings. The fourth-order valence-electron chi connectivity index (χ4n) is 2.29. The maximum absolute atomic E-state index is 13.9. The van der Waals surface area contributed by atoms with Crippen LogP contribution in [0.5, 0.6) is 0 Å². The summed E-state index contributed by atoms with van der Waals surface area (Å²) in [4.78, 5) is 13.1. The summed E-state index contributed by atoms with van der Waals surface area (Å²) in [6.45, 7) is 0. The molecule has 1 saturated heterocycles. The highest BCUT2D eigenvalue weighted by Gasteiger charge is 2.37. The summed E-state index contributed by atoms with van der Waals surface area (Å²) in [5.74, 6) is -2.39. The molecule has 1 atom stereocenters. The number of nitrogens with zero attached hydrogens (tertiary/aromatic N) is 1. The van der Waals surface area contributed by atoms with Crippen molar-refractivity contribution < 1.29 is 18.0 Å². The van der Waals surface area contributed by atoms with Crippen LogP contribution in [0.4, 0.5) is 18.9 Å². The van der Waals surface area contributed by atoms with Crippen LogP contribution in [0.25, 0.3) is 0 Å². The van der Waals surface area contributed by atoms with Crippen LogP contribution >= 0.6 is 11.8 Å². The highest BCUT2D eigenvalue weighted by Crippen LogP contribution is 2.43. The molecule has 0 spiro atoms. The SMILES string of the molecule is O=C1CS[C@H](c2cccc(F)c2)N1c1c(F)cccc1F. The molecule has 0 unspecified atom stereocenters. The fraction of sp³-hybridized carbons (Fsp3) is 0.133. The van der Waals surface area contributed by atoms with Crippen LogP contribution in [-0.4, -0.2) is 11.7 Å². The lowest BCUT2D eigenvalue weighted by Crippen LogP contribution is -2.29. The summed E-state index contributed by atoms with van der Waals surface area (Å²) in [5.41, 5.74) is 0.107. The number of benzene rings is 2. The molecule has 3 rings (SSSR count). The Hall–Kier alpha value is -1.95. The van der Waals surface area contributed by atoms with Gasteiger partial charge in [-0.3, -0.25) is 9.69 Å². The molecule has 1 aliphatic rings. The first kappa shape index (κ1) is 14.0. The van der Waals surface area contributed by atoms with Crippen molar-refractivity contribution in [1.29, 1.82) is 0 Å². The summed E-state index contributed by atoms with van der Waals surface area (Å²) in [6, 6.07) is 9.10. The maximum atomic E-state index is 13.9. The van der Waals surface area contributed by atoms with E-state index in [1.165, 1.54) is 36.0 Å². The van der Waals surface area contributed by atoms with E-state index in [0.717, 1.165) is 17.0 Å². The van der Waals surface area contributed by atoms with E-state index in [0.29, 0.717) is 5.56 Å². The zero-order chi connectivity index (χ0) is 15.0. The van der Waals surface area contributed by atoms with Crippen molar-refractivity contribution in [3.63, 3.8) is 0 Å². The average Bonchev–Trinajstić information content (AvgIpc) is 2.81. The number of rotatable bonds is 2. The van der Waals surface area contributed by atoms with Gasteiger partial charge in [-0.1, -0.05) is 18.2 Å². The number of halogens is 3. The van der Waals surface area contributed by atoms with E-state index in [1.807, 2.05) is 0 Å². The molecule has 2 nitrogen and oxygen atoms in total. The minimum atomic E-state index is -0.813. The van der Waals surface area contributed by atoms with Crippen LogP contribution in [-0.2, 0) is 4.79 Å². The van der Waals surface area contributed by atoms with Crippen LogP contribution in [0.3, 0.4) is 0 Å². The van der Waals surface area contributed by atoms with Gasteiger partial charge in [0.25, 0.3) is 0 Å². The van der Waals surface area contributed by atoms with Gasteiger partial charge in [0.1, 0.15) is 28.5 Å². The molecule has 1 heterocycles.